The molecule has 0 aliphatic heterocycles. The average Bonchev–Trinajstić information content (AvgIpc) is 2.76. The Morgan fingerprint density at radius 3 is 1.91 bits per heavy atom. The quantitative estimate of drug-likeness (QED) is 0.285. The van der Waals surface area contributed by atoms with Gasteiger partial charge in [0.2, 0.25) is 0 Å². The number of aryl methyl sites for hydroxylation is 2. The van der Waals surface area contributed by atoms with E-state index in [1.165, 1.54) is 0 Å². The topological polar surface area (TPSA) is 170 Å². The van der Waals surface area contributed by atoms with Crippen molar-refractivity contribution in [2.75, 3.05) is 6.54 Å². The molecule has 2 aromatic carbocycles. The lowest BCUT2D eigenvalue weighted by Gasteiger charge is -2.13. The molecule has 9 heteroatoms. The van der Waals surface area contributed by atoms with Crippen LogP contribution in [-0.2, 0) is 27.2 Å². The van der Waals surface area contributed by atoms with Gasteiger partial charge in [-0.2, -0.15) is 0 Å². The fourth-order valence-electron chi connectivity index (χ4n) is 2.73. The van der Waals surface area contributed by atoms with Crippen LogP contribution in [-0.4, -0.2) is 57.0 Å². The van der Waals surface area contributed by atoms with Gasteiger partial charge < -0.3 is 31.5 Å². The molecule has 0 radical (unpaired) electrons. The van der Waals surface area contributed by atoms with Crippen molar-refractivity contribution in [3.8, 4) is 5.75 Å². The molecule has 0 heterocycles. The number of phenolic OH excluding ortho intramolecular Hbond substituents is 1. The molecule has 0 unspecified atom stereocenters. The third kappa shape index (κ3) is 11.7. The molecule has 0 aromatic heterocycles. The lowest BCUT2D eigenvalue weighted by atomic mass is 10.1. The van der Waals surface area contributed by atoms with Crippen molar-refractivity contribution < 1.29 is 34.8 Å². The standard InChI is InChI=1S/C13H17NO4.C10H13NO3/c15-12(16)8-9-14-11(13(17)18)7-6-10-4-2-1-3-5-10;11-9(10(13)14)6-3-7-1-4-8(12)5-2-7/h1-5,11,14H,6-9H2,(H,15,16)(H,17,18);1-2,4-5,9,12H,3,6,11H2,(H,13,14)/t11-;9-/m10/s1. The van der Waals surface area contributed by atoms with Gasteiger partial charge in [0.15, 0.2) is 0 Å². The van der Waals surface area contributed by atoms with Crippen molar-refractivity contribution in [2.45, 2.75) is 44.2 Å². The van der Waals surface area contributed by atoms with Crippen molar-refractivity contribution in [3.05, 3.63) is 65.7 Å². The Balaban J connectivity index is 0.000000330. The fraction of sp³-hybridized carbons (Fsp3) is 0.348. The highest BCUT2D eigenvalue weighted by Crippen LogP contribution is 2.11. The Labute approximate surface area is 186 Å². The number of hydrogen-bond donors (Lipinski definition) is 6. The molecule has 0 amide bonds. The van der Waals surface area contributed by atoms with Crippen LogP contribution in [0, 0.1) is 0 Å². The molecule has 0 bridgehead atoms. The highest BCUT2D eigenvalue weighted by atomic mass is 16.4. The maximum Gasteiger partial charge on any atom is 0.320 e. The van der Waals surface area contributed by atoms with Gasteiger partial charge in [0, 0.05) is 6.54 Å². The Hall–Kier alpha value is -3.43. The first-order valence-corrected chi connectivity index (χ1v) is 10.2. The Kier molecular flexibility index (Phi) is 12.1. The molecule has 2 atom stereocenters. The van der Waals surface area contributed by atoms with Gasteiger partial charge in [0.25, 0.3) is 0 Å². The first kappa shape index (κ1) is 26.6. The van der Waals surface area contributed by atoms with E-state index in [0.717, 1.165) is 11.1 Å². The summed E-state index contributed by atoms with van der Waals surface area (Å²) in [4.78, 5) is 31.7. The largest absolute Gasteiger partial charge is 0.508 e. The van der Waals surface area contributed by atoms with E-state index in [1.54, 1.807) is 24.3 Å². The summed E-state index contributed by atoms with van der Waals surface area (Å²) in [5.74, 6) is -2.66. The summed E-state index contributed by atoms with van der Waals surface area (Å²) in [5.41, 5.74) is 7.39. The molecule has 0 saturated heterocycles. The van der Waals surface area contributed by atoms with Crippen LogP contribution >= 0.6 is 0 Å². The van der Waals surface area contributed by atoms with Crippen molar-refractivity contribution in [1.29, 1.82) is 0 Å². The Morgan fingerprint density at radius 2 is 1.38 bits per heavy atom. The normalized spacial score (nSPS) is 12.2. The molecule has 0 aliphatic carbocycles. The van der Waals surface area contributed by atoms with E-state index in [-0.39, 0.29) is 18.7 Å². The van der Waals surface area contributed by atoms with Gasteiger partial charge in [-0.1, -0.05) is 42.5 Å². The van der Waals surface area contributed by atoms with Crippen molar-refractivity contribution in [1.82, 2.24) is 5.32 Å². The number of rotatable bonds is 12. The maximum absolute atomic E-state index is 11.0. The second kappa shape index (κ2) is 14.6. The molecular weight excluding hydrogens is 416 g/mol. The molecule has 0 aliphatic rings. The molecule has 7 N–H and O–H groups in total. The van der Waals surface area contributed by atoms with Crippen LogP contribution in [0.15, 0.2) is 54.6 Å². The highest BCUT2D eigenvalue weighted by molar-refractivity contribution is 5.73. The van der Waals surface area contributed by atoms with E-state index in [4.69, 9.17) is 26.2 Å². The monoisotopic (exact) mass is 446 g/mol. The Bertz CT molecular complexity index is 841. The zero-order valence-corrected chi connectivity index (χ0v) is 17.7. The van der Waals surface area contributed by atoms with E-state index < -0.39 is 30.0 Å². The molecule has 2 rings (SSSR count). The predicted octanol–water partition coefficient (Wildman–Crippen LogP) is 1.87. The second-order valence-electron chi connectivity index (χ2n) is 7.16. The van der Waals surface area contributed by atoms with Crippen LogP contribution in [0.5, 0.6) is 5.75 Å². The number of phenols is 1. The molecule has 174 valence electrons. The minimum absolute atomic E-state index is 0.0743. The Morgan fingerprint density at radius 1 is 0.812 bits per heavy atom. The zero-order chi connectivity index (χ0) is 23.9. The van der Waals surface area contributed by atoms with Crippen molar-refractivity contribution in [3.63, 3.8) is 0 Å². The summed E-state index contributed by atoms with van der Waals surface area (Å²) in [6.45, 7) is 0.168. The fourth-order valence-corrected chi connectivity index (χ4v) is 2.73. The number of nitrogens with one attached hydrogen (secondary N) is 1. The van der Waals surface area contributed by atoms with Crippen LogP contribution in [0.2, 0.25) is 0 Å². The van der Waals surface area contributed by atoms with Crippen LogP contribution in [0.4, 0.5) is 0 Å². The van der Waals surface area contributed by atoms with Crippen LogP contribution in [0.1, 0.15) is 30.4 Å². The lowest BCUT2D eigenvalue weighted by Crippen LogP contribution is -2.38. The van der Waals surface area contributed by atoms with E-state index in [1.807, 2.05) is 30.3 Å². The van der Waals surface area contributed by atoms with Gasteiger partial charge in [-0.3, -0.25) is 14.4 Å². The minimum Gasteiger partial charge on any atom is -0.508 e. The molecule has 0 spiro atoms. The van der Waals surface area contributed by atoms with E-state index in [9.17, 15) is 14.4 Å². The average molecular weight is 447 g/mol. The summed E-state index contributed by atoms with van der Waals surface area (Å²) >= 11 is 0. The zero-order valence-electron chi connectivity index (χ0n) is 17.7. The smallest absolute Gasteiger partial charge is 0.320 e. The predicted molar refractivity (Wildman–Crippen MR) is 118 cm³/mol. The third-order valence-corrected chi connectivity index (χ3v) is 4.59. The van der Waals surface area contributed by atoms with Crippen LogP contribution in [0.25, 0.3) is 0 Å². The van der Waals surface area contributed by atoms with Gasteiger partial charge in [-0.05, 0) is 48.9 Å². The summed E-state index contributed by atoms with van der Waals surface area (Å²) < 4.78 is 0. The van der Waals surface area contributed by atoms with Crippen molar-refractivity contribution >= 4 is 17.9 Å². The number of carboxylic acid groups (broad SMARTS) is 3. The lowest BCUT2D eigenvalue weighted by molar-refractivity contribution is -0.141. The van der Waals surface area contributed by atoms with Crippen LogP contribution < -0.4 is 11.1 Å². The number of aromatic hydroxyl groups is 1. The second-order valence-corrected chi connectivity index (χ2v) is 7.16. The first-order chi connectivity index (χ1) is 15.2. The molecule has 0 saturated carbocycles. The molecule has 32 heavy (non-hydrogen) atoms. The molecule has 9 nitrogen and oxygen atoms in total. The maximum atomic E-state index is 11.0. The van der Waals surface area contributed by atoms with Crippen molar-refractivity contribution in [2.24, 2.45) is 5.73 Å². The number of aliphatic carboxylic acids is 3. The summed E-state index contributed by atoms with van der Waals surface area (Å²) in [6, 6.07) is 14.7. The molecule has 0 fully saturated rings. The number of nitrogens with two attached hydrogens (primary N) is 1. The number of carboxylic acids is 3. The highest BCUT2D eigenvalue weighted by Gasteiger charge is 2.16. The molecule has 2 aromatic rings. The number of hydrogen-bond acceptors (Lipinski definition) is 6. The van der Waals surface area contributed by atoms with Gasteiger partial charge in [-0.25, -0.2) is 0 Å². The summed E-state index contributed by atoms with van der Waals surface area (Å²) in [7, 11) is 0. The van der Waals surface area contributed by atoms with Crippen LogP contribution in [0.3, 0.4) is 0 Å². The number of benzene rings is 2. The molecular formula is C23H30N2O7. The van der Waals surface area contributed by atoms with Gasteiger partial charge >= 0.3 is 17.9 Å². The van der Waals surface area contributed by atoms with E-state index in [2.05, 4.69) is 5.32 Å². The van der Waals surface area contributed by atoms with Gasteiger partial charge in [-0.15, -0.1) is 0 Å². The number of carbonyl (C=O) groups is 3. The van der Waals surface area contributed by atoms with E-state index in [0.29, 0.717) is 25.7 Å². The van der Waals surface area contributed by atoms with E-state index >= 15 is 0 Å². The minimum atomic E-state index is -0.983. The van der Waals surface area contributed by atoms with Gasteiger partial charge in [0.1, 0.15) is 17.8 Å². The first-order valence-electron chi connectivity index (χ1n) is 10.2. The van der Waals surface area contributed by atoms with Gasteiger partial charge in [0.05, 0.1) is 6.42 Å². The SMILES string of the molecule is N[C@@H](CCc1ccc(O)cc1)C(=O)O.O=C(O)CCN[C@H](CCc1ccccc1)C(=O)O. The third-order valence-electron chi connectivity index (χ3n) is 4.59. The summed E-state index contributed by atoms with van der Waals surface area (Å²) in [5, 5.41) is 37.8. The summed E-state index contributed by atoms with van der Waals surface area (Å²) in [6.07, 6.45) is 2.03.